The van der Waals surface area contributed by atoms with E-state index in [9.17, 15) is 8.78 Å². The molecule has 0 spiro atoms. The topological polar surface area (TPSA) is 9.23 Å². The van der Waals surface area contributed by atoms with E-state index in [0.29, 0.717) is 0 Å². The van der Waals surface area contributed by atoms with Crippen molar-refractivity contribution in [1.82, 2.24) is 0 Å². The molecule has 0 radical (unpaired) electrons. The lowest BCUT2D eigenvalue weighted by Gasteiger charge is -2.21. The fraction of sp³-hybridized carbons (Fsp3) is 1.00. The van der Waals surface area contributed by atoms with Crippen molar-refractivity contribution in [3.63, 3.8) is 0 Å². The first kappa shape index (κ1) is 9.69. The maximum atomic E-state index is 12.2. The standard InChI is InChI=1S/C3H3Cl3F2O/c1-9-3(6,8)2(4,5)7/h1H3/t3-/m0/s1. The smallest absolute Gasteiger partial charge is 0.333 e. The maximum absolute atomic E-state index is 12.2. The molecule has 0 aromatic rings. The van der Waals surface area contributed by atoms with Gasteiger partial charge < -0.3 is 4.74 Å². The van der Waals surface area contributed by atoms with Gasteiger partial charge in [0.15, 0.2) is 0 Å². The minimum absolute atomic E-state index is 0.839. The van der Waals surface area contributed by atoms with Gasteiger partial charge in [-0.1, -0.05) is 23.2 Å². The molecule has 0 aliphatic rings. The Morgan fingerprint density at radius 2 is 1.56 bits per heavy atom. The summed E-state index contributed by atoms with van der Waals surface area (Å²) in [4.78, 5) is 0. The summed E-state index contributed by atoms with van der Waals surface area (Å²) >= 11 is 13.9. The Morgan fingerprint density at radius 1 is 1.22 bits per heavy atom. The molecule has 56 valence electrons. The largest absolute Gasteiger partial charge is 0.349 e. The van der Waals surface area contributed by atoms with Gasteiger partial charge in [-0.2, -0.15) is 8.78 Å². The molecule has 1 nitrogen and oxygen atoms in total. The molecule has 6 heteroatoms. The summed E-state index contributed by atoms with van der Waals surface area (Å²) in [6.07, 6.45) is 0. The fourth-order valence-electron chi connectivity index (χ4n) is 0.116. The van der Waals surface area contributed by atoms with E-state index in [1.807, 2.05) is 0 Å². The molecule has 0 bridgehead atoms. The van der Waals surface area contributed by atoms with Crippen LogP contribution in [0.25, 0.3) is 0 Å². The van der Waals surface area contributed by atoms with E-state index >= 15 is 0 Å². The molecule has 0 saturated carbocycles. The highest BCUT2D eigenvalue weighted by Gasteiger charge is 2.51. The molecule has 0 N–H and O–H groups in total. The lowest BCUT2D eigenvalue weighted by Crippen LogP contribution is -2.34. The van der Waals surface area contributed by atoms with E-state index in [0.717, 1.165) is 7.11 Å². The number of hydrogen-bond donors (Lipinski definition) is 0. The predicted molar refractivity (Wildman–Crippen MR) is 32.2 cm³/mol. The van der Waals surface area contributed by atoms with Crippen molar-refractivity contribution in [2.75, 3.05) is 7.11 Å². The van der Waals surface area contributed by atoms with Gasteiger partial charge in [0.1, 0.15) is 0 Å². The van der Waals surface area contributed by atoms with Crippen molar-refractivity contribution in [3.8, 4) is 0 Å². The summed E-state index contributed by atoms with van der Waals surface area (Å²) in [6, 6.07) is 0. The van der Waals surface area contributed by atoms with Crippen molar-refractivity contribution < 1.29 is 13.5 Å². The van der Waals surface area contributed by atoms with E-state index < -0.39 is 9.90 Å². The zero-order valence-corrected chi connectivity index (χ0v) is 6.57. The monoisotopic (exact) mass is 198 g/mol. The average molecular weight is 199 g/mol. The van der Waals surface area contributed by atoms with Gasteiger partial charge in [-0.05, 0) is 11.6 Å². The van der Waals surface area contributed by atoms with Crippen molar-refractivity contribution in [1.29, 1.82) is 0 Å². The quantitative estimate of drug-likeness (QED) is 0.621. The number of hydrogen-bond acceptors (Lipinski definition) is 1. The number of methoxy groups -OCH3 is 1. The van der Waals surface area contributed by atoms with E-state index in [1.165, 1.54) is 0 Å². The first-order valence-electron chi connectivity index (χ1n) is 1.81. The van der Waals surface area contributed by atoms with Crippen LogP contribution in [0.5, 0.6) is 0 Å². The zero-order chi connectivity index (χ0) is 7.71. The van der Waals surface area contributed by atoms with Crippen LogP contribution in [0.4, 0.5) is 8.78 Å². The van der Waals surface area contributed by atoms with E-state index in [1.54, 1.807) is 0 Å². The minimum atomic E-state index is -3.23. The maximum Gasteiger partial charge on any atom is 0.349 e. The van der Waals surface area contributed by atoms with E-state index in [4.69, 9.17) is 0 Å². The molecule has 9 heavy (non-hydrogen) atoms. The van der Waals surface area contributed by atoms with Gasteiger partial charge in [0, 0.05) is 7.11 Å². The summed E-state index contributed by atoms with van der Waals surface area (Å²) in [5.74, 6) is 0. The molecule has 0 aliphatic carbocycles. The molecule has 0 rings (SSSR count). The third-order valence-corrected chi connectivity index (χ3v) is 1.68. The molecule has 0 fully saturated rings. The van der Waals surface area contributed by atoms with Crippen LogP contribution in [-0.4, -0.2) is 17.0 Å². The van der Waals surface area contributed by atoms with E-state index in [-0.39, 0.29) is 0 Å². The third-order valence-electron chi connectivity index (χ3n) is 0.586. The van der Waals surface area contributed by atoms with Gasteiger partial charge in [0.2, 0.25) is 0 Å². The summed E-state index contributed by atoms with van der Waals surface area (Å²) in [5.41, 5.74) is 0. The first-order chi connectivity index (χ1) is 3.81. The molecule has 0 saturated heterocycles. The van der Waals surface area contributed by atoms with Crippen LogP contribution in [0.3, 0.4) is 0 Å². The second kappa shape index (κ2) is 2.74. The van der Waals surface area contributed by atoms with Crippen LogP contribution in [0.1, 0.15) is 0 Å². The SMILES string of the molecule is CO[C@](F)(Cl)C(F)(Cl)Cl. The summed E-state index contributed by atoms with van der Waals surface area (Å²) in [6.45, 7) is 0. The third kappa shape index (κ3) is 2.42. The summed E-state index contributed by atoms with van der Waals surface area (Å²) in [7, 11) is 0.839. The predicted octanol–water partition coefficient (Wildman–Crippen LogP) is 2.60. The molecule has 0 heterocycles. The molecule has 0 aromatic carbocycles. The Bertz CT molecular complexity index is 99.7. The Balaban J connectivity index is 4.14. The van der Waals surface area contributed by atoms with Gasteiger partial charge in [0.25, 0.3) is 0 Å². The van der Waals surface area contributed by atoms with Crippen molar-refractivity contribution in [2.24, 2.45) is 0 Å². The van der Waals surface area contributed by atoms with Crippen molar-refractivity contribution >= 4 is 34.8 Å². The van der Waals surface area contributed by atoms with E-state index in [2.05, 4.69) is 39.5 Å². The summed E-state index contributed by atoms with van der Waals surface area (Å²) in [5, 5.41) is -3.18. The van der Waals surface area contributed by atoms with Crippen LogP contribution >= 0.6 is 34.8 Å². The molecule has 0 amide bonds. The Hall–Kier alpha value is 0.690. The van der Waals surface area contributed by atoms with Gasteiger partial charge in [-0.15, -0.1) is 0 Å². The normalized spacial score (nSPS) is 19.3. The number of rotatable bonds is 2. The fourth-order valence-corrected chi connectivity index (χ4v) is 0.270. The number of ether oxygens (including phenoxy) is 1. The van der Waals surface area contributed by atoms with Crippen LogP contribution in [-0.2, 0) is 4.74 Å². The van der Waals surface area contributed by atoms with Crippen LogP contribution in [0.2, 0.25) is 0 Å². The molecule has 0 aromatic heterocycles. The highest BCUT2D eigenvalue weighted by Crippen LogP contribution is 2.41. The first-order valence-corrected chi connectivity index (χ1v) is 2.94. The van der Waals surface area contributed by atoms with Gasteiger partial charge in [0.05, 0.1) is 0 Å². The molecular weight excluding hydrogens is 196 g/mol. The average Bonchev–Trinajstić information content (AvgIpc) is 1.64. The summed E-state index contributed by atoms with van der Waals surface area (Å²) < 4.78 is 24.8. The van der Waals surface area contributed by atoms with Crippen LogP contribution in [0, 0.1) is 0 Å². The highest BCUT2D eigenvalue weighted by molar-refractivity contribution is 6.51. The lowest BCUT2D eigenvalue weighted by atomic mass is 10.7. The molecular formula is C3H3Cl3F2O. The van der Waals surface area contributed by atoms with Crippen molar-refractivity contribution in [2.45, 2.75) is 9.90 Å². The number of alkyl halides is 5. The van der Waals surface area contributed by atoms with Crippen LogP contribution in [0.15, 0.2) is 0 Å². The molecule has 1 atom stereocenters. The second-order valence-corrected chi connectivity index (χ2v) is 2.94. The van der Waals surface area contributed by atoms with Gasteiger partial charge >= 0.3 is 9.90 Å². The zero-order valence-electron chi connectivity index (χ0n) is 4.30. The minimum Gasteiger partial charge on any atom is -0.333 e. The van der Waals surface area contributed by atoms with Crippen LogP contribution < -0.4 is 0 Å². The lowest BCUT2D eigenvalue weighted by molar-refractivity contribution is -0.0897. The molecule has 0 unspecified atom stereocenters. The Kier molecular flexibility index (Phi) is 2.95. The highest BCUT2D eigenvalue weighted by atomic mass is 35.5. The van der Waals surface area contributed by atoms with Gasteiger partial charge in [-0.25, -0.2) is 0 Å². The second-order valence-electron chi connectivity index (χ2n) is 1.22. The van der Waals surface area contributed by atoms with Crippen molar-refractivity contribution in [3.05, 3.63) is 0 Å². The number of halogens is 5. The Morgan fingerprint density at radius 3 is 1.56 bits per heavy atom. The molecule has 0 aliphatic heterocycles. The Labute approximate surface area is 65.8 Å². The van der Waals surface area contributed by atoms with Gasteiger partial charge in [-0.3, -0.25) is 0 Å².